The lowest BCUT2D eigenvalue weighted by atomic mass is 9.96. The van der Waals surface area contributed by atoms with Crippen LogP contribution < -0.4 is 5.32 Å². The molecule has 8 heteroatoms. The van der Waals surface area contributed by atoms with Crippen molar-refractivity contribution in [3.63, 3.8) is 0 Å². The fraction of sp³-hybridized carbons (Fsp3) is 0.545. The summed E-state index contributed by atoms with van der Waals surface area (Å²) in [5.74, 6) is -2.52. The number of benzene rings is 1. The van der Waals surface area contributed by atoms with Crippen LogP contribution in [0.2, 0.25) is 0 Å². The first-order chi connectivity index (χ1) is 14.2. The summed E-state index contributed by atoms with van der Waals surface area (Å²) in [5, 5.41) is 3.37. The molecule has 1 amide bonds. The molecule has 164 valence electrons. The minimum Gasteiger partial charge on any atom is -0.348 e. The maximum absolute atomic E-state index is 12.8. The lowest BCUT2D eigenvalue weighted by Gasteiger charge is -2.32. The fourth-order valence-electron chi connectivity index (χ4n) is 3.96. The molecule has 0 radical (unpaired) electrons. The summed E-state index contributed by atoms with van der Waals surface area (Å²) < 4.78 is 40.3. The summed E-state index contributed by atoms with van der Waals surface area (Å²) in [6.07, 6.45) is -1.36. The molecule has 1 aromatic carbocycles. The maximum Gasteiger partial charge on any atom is 0.391 e. The molecule has 1 aliphatic heterocycles. The van der Waals surface area contributed by atoms with Crippen molar-refractivity contribution in [2.75, 3.05) is 26.2 Å². The van der Waals surface area contributed by atoms with Gasteiger partial charge in [0.15, 0.2) is 0 Å². The molecule has 0 saturated carbocycles. The SMILES string of the molecule is CCC(C)n1cc(C(=O)C(=O)NCCN2CCC(C(F)(F)F)CC2)c2ccccc21. The minimum atomic E-state index is -4.14. The first kappa shape index (κ1) is 22.3. The number of ketones is 1. The number of para-hydroxylation sites is 1. The Bertz CT molecular complexity index is 899. The first-order valence-corrected chi connectivity index (χ1v) is 10.4. The number of piperidine rings is 1. The number of aromatic nitrogens is 1. The van der Waals surface area contributed by atoms with E-state index in [0.29, 0.717) is 25.2 Å². The molecular formula is C22H28F3N3O2. The third-order valence-electron chi connectivity index (χ3n) is 6.02. The summed E-state index contributed by atoms with van der Waals surface area (Å²) >= 11 is 0. The van der Waals surface area contributed by atoms with E-state index in [1.807, 2.05) is 33.7 Å². The molecule has 0 aliphatic carbocycles. The van der Waals surface area contributed by atoms with E-state index in [1.165, 1.54) is 0 Å². The smallest absolute Gasteiger partial charge is 0.348 e. The number of nitrogens with zero attached hydrogens (tertiary/aromatic N) is 2. The second kappa shape index (κ2) is 9.20. The Morgan fingerprint density at radius 3 is 2.50 bits per heavy atom. The fourth-order valence-corrected chi connectivity index (χ4v) is 3.96. The van der Waals surface area contributed by atoms with Gasteiger partial charge in [-0.1, -0.05) is 25.1 Å². The standard InChI is InChI=1S/C22H28F3N3O2/c1-3-15(2)28-14-18(17-6-4-5-7-19(17)28)20(29)21(30)26-10-13-27-11-8-16(9-12-27)22(23,24)25/h4-7,14-16H,3,8-13H2,1-2H3,(H,26,30). The van der Waals surface area contributed by atoms with Gasteiger partial charge in [0.05, 0.1) is 11.5 Å². The number of nitrogens with one attached hydrogen (secondary N) is 1. The highest BCUT2D eigenvalue weighted by Gasteiger charge is 2.40. The number of halogens is 3. The number of likely N-dealkylation sites (tertiary alicyclic amines) is 1. The van der Waals surface area contributed by atoms with Gasteiger partial charge < -0.3 is 14.8 Å². The molecule has 1 N–H and O–H groups in total. The third kappa shape index (κ3) is 4.86. The van der Waals surface area contributed by atoms with Crippen LogP contribution in [0, 0.1) is 5.92 Å². The van der Waals surface area contributed by atoms with Crippen LogP contribution in [0.15, 0.2) is 30.5 Å². The Morgan fingerprint density at radius 2 is 1.87 bits per heavy atom. The predicted molar refractivity (Wildman–Crippen MR) is 109 cm³/mol. The van der Waals surface area contributed by atoms with E-state index in [-0.39, 0.29) is 25.4 Å². The predicted octanol–water partition coefficient (Wildman–Crippen LogP) is 4.19. The molecule has 2 heterocycles. The zero-order valence-corrected chi connectivity index (χ0v) is 17.3. The van der Waals surface area contributed by atoms with E-state index in [1.54, 1.807) is 6.20 Å². The summed E-state index contributed by atoms with van der Waals surface area (Å²) in [7, 11) is 0. The molecule has 30 heavy (non-hydrogen) atoms. The van der Waals surface area contributed by atoms with Gasteiger partial charge in [-0.25, -0.2) is 0 Å². The number of rotatable bonds is 7. The highest BCUT2D eigenvalue weighted by Crippen LogP contribution is 2.34. The molecule has 1 saturated heterocycles. The van der Waals surface area contributed by atoms with Crippen molar-refractivity contribution in [2.24, 2.45) is 5.92 Å². The van der Waals surface area contributed by atoms with Crippen molar-refractivity contribution in [2.45, 2.75) is 45.3 Å². The zero-order valence-electron chi connectivity index (χ0n) is 17.3. The van der Waals surface area contributed by atoms with Crippen LogP contribution in [-0.4, -0.2) is 53.5 Å². The van der Waals surface area contributed by atoms with Crippen LogP contribution >= 0.6 is 0 Å². The van der Waals surface area contributed by atoms with Crippen molar-refractivity contribution < 1.29 is 22.8 Å². The van der Waals surface area contributed by atoms with E-state index in [4.69, 9.17) is 0 Å². The zero-order chi connectivity index (χ0) is 21.9. The van der Waals surface area contributed by atoms with Crippen molar-refractivity contribution in [1.29, 1.82) is 0 Å². The topological polar surface area (TPSA) is 54.3 Å². The number of hydrogen-bond acceptors (Lipinski definition) is 3. The van der Waals surface area contributed by atoms with Crippen LogP contribution in [0.1, 0.15) is 49.5 Å². The average Bonchev–Trinajstić information content (AvgIpc) is 3.12. The Labute approximate surface area is 174 Å². The molecule has 1 aromatic heterocycles. The Morgan fingerprint density at radius 1 is 1.20 bits per heavy atom. The van der Waals surface area contributed by atoms with Crippen LogP contribution in [0.5, 0.6) is 0 Å². The molecule has 0 bridgehead atoms. The van der Waals surface area contributed by atoms with E-state index in [0.717, 1.165) is 17.3 Å². The van der Waals surface area contributed by atoms with Crippen LogP contribution in [0.25, 0.3) is 10.9 Å². The van der Waals surface area contributed by atoms with Gasteiger partial charge in [-0.2, -0.15) is 13.2 Å². The van der Waals surface area contributed by atoms with Gasteiger partial charge in [-0.05, 0) is 45.3 Å². The first-order valence-electron chi connectivity index (χ1n) is 10.4. The van der Waals surface area contributed by atoms with Crippen LogP contribution in [-0.2, 0) is 4.79 Å². The summed E-state index contributed by atoms with van der Waals surface area (Å²) in [6, 6.07) is 7.69. The van der Waals surface area contributed by atoms with Gasteiger partial charge in [0.2, 0.25) is 0 Å². The van der Waals surface area contributed by atoms with E-state index >= 15 is 0 Å². The number of fused-ring (bicyclic) bond motifs is 1. The van der Waals surface area contributed by atoms with Crippen molar-refractivity contribution in [3.8, 4) is 0 Å². The minimum absolute atomic E-state index is 0.0749. The number of Topliss-reactive ketones (excluding diaryl/α,β-unsaturated/α-hetero) is 1. The molecule has 1 atom stereocenters. The van der Waals surface area contributed by atoms with Gasteiger partial charge >= 0.3 is 6.18 Å². The van der Waals surface area contributed by atoms with E-state index < -0.39 is 23.8 Å². The number of carbonyl (C=O) groups is 2. The van der Waals surface area contributed by atoms with Gasteiger partial charge in [0.1, 0.15) is 0 Å². The average molecular weight is 423 g/mol. The van der Waals surface area contributed by atoms with Gasteiger partial charge in [0.25, 0.3) is 11.7 Å². The quantitative estimate of drug-likeness (QED) is 0.537. The van der Waals surface area contributed by atoms with Crippen molar-refractivity contribution >= 4 is 22.6 Å². The molecular weight excluding hydrogens is 395 g/mol. The molecule has 3 rings (SSSR count). The Hall–Kier alpha value is -2.35. The summed E-state index contributed by atoms with van der Waals surface area (Å²) in [6.45, 7) is 5.46. The van der Waals surface area contributed by atoms with Gasteiger partial charge in [0, 0.05) is 36.2 Å². The molecule has 0 spiro atoms. The molecule has 2 aromatic rings. The normalized spacial score (nSPS) is 17.2. The lowest BCUT2D eigenvalue weighted by Crippen LogP contribution is -2.43. The number of alkyl halides is 3. The van der Waals surface area contributed by atoms with E-state index in [9.17, 15) is 22.8 Å². The van der Waals surface area contributed by atoms with Crippen molar-refractivity contribution in [1.82, 2.24) is 14.8 Å². The maximum atomic E-state index is 12.8. The summed E-state index contributed by atoms with van der Waals surface area (Å²) in [5.41, 5.74) is 1.28. The third-order valence-corrected chi connectivity index (χ3v) is 6.02. The van der Waals surface area contributed by atoms with E-state index in [2.05, 4.69) is 19.2 Å². The lowest BCUT2D eigenvalue weighted by molar-refractivity contribution is -0.184. The monoisotopic (exact) mass is 423 g/mol. The highest BCUT2D eigenvalue weighted by atomic mass is 19.4. The van der Waals surface area contributed by atoms with Crippen LogP contribution in [0.4, 0.5) is 13.2 Å². The molecule has 1 fully saturated rings. The number of amides is 1. The molecule has 1 unspecified atom stereocenters. The largest absolute Gasteiger partial charge is 0.391 e. The summed E-state index contributed by atoms with van der Waals surface area (Å²) in [4.78, 5) is 27.1. The second-order valence-corrected chi connectivity index (χ2v) is 7.97. The van der Waals surface area contributed by atoms with Crippen LogP contribution in [0.3, 0.4) is 0 Å². The second-order valence-electron chi connectivity index (χ2n) is 7.97. The Kier molecular flexibility index (Phi) is 6.85. The van der Waals surface area contributed by atoms with Gasteiger partial charge in [-0.15, -0.1) is 0 Å². The van der Waals surface area contributed by atoms with Gasteiger partial charge in [-0.3, -0.25) is 9.59 Å². The number of hydrogen-bond donors (Lipinski definition) is 1. The molecule has 1 aliphatic rings. The van der Waals surface area contributed by atoms with Crippen molar-refractivity contribution in [3.05, 3.63) is 36.0 Å². The highest BCUT2D eigenvalue weighted by molar-refractivity contribution is 6.45. The molecule has 5 nitrogen and oxygen atoms in total. The number of carbonyl (C=O) groups excluding carboxylic acids is 2. The Balaban J connectivity index is 1.58.